The van der Waals surface area contributed by atoms with Crippen LogP contribution in [0, 0.1) is 5.92 Å². The van der Waals surface area contributed by atoms with Gasteiger partial charge in [0.25, 0.3) is 0 Å². The molecule has 0 spiro atoms. The first-order valence-electron chi connectivity index (χ1n) is 4.81. The molecule has 0 aliphatic carbocycles. The number of hydrogen-bond donors (Lipinski definition) is 1. The number of nitrogens with zero attached hydrogens (tertiary/aromatic N) is 2. The Labute approximate surface area is 93.9 Å². The van der Waals surface area contributed by atoms with E-state index in [1.54, 1.807) is 18.1 Å². The summed E-state index contributed by atoms with van der Waals surface area (Å²) in [6.45, 7) is 7.67. The van der Waals surface area contributed by atoms with Gasteiger partial charge in [-0.25, -0.2) is 4.98 Å². The predicted molar refractivity (Wildman–Crippen MR) is 62.9 cm³/mol. The molecule has 14 heavy (non-hydrogen) atoms. The first-order valence-corrected chi connectivity index (χ1v) is 6.57. The molecule has 0 aromatic carbocycles. The Hall–Kier alpha value is -0.130. The van der Waals surface area contributed by atoms with Crippen molar-refractivity contribution in [3.8, 4) is 0 Å². The third-order valence-corrected chi connectivity index (χ3v) is 3.83. The van der Waals surface area contributed by atoms with E-state index in [0.717, 1.165) is 16.6 Å². The largest absolute Gasteiger partial charge is 0.314 e. The van der Waals surface area contributed by atoms with E-state index >= 15 is 0 Å². The van der Waals surface area contributed by atoms with Gasteiger partial charge in [0.2, 0.25) is 0 Å². The van der Waals surface area contributed by atoms with Crippen LogP contribution in [-0.4, -0.2) is 27.7 Å². The lowest BCUT2D eigenvalue weighted by Crippen LogP contribution is -2.28. The molecule has 1 heterocycles. The minimum Gasteiger partial charge on any atom is -0.314 e. The Balaban J connectivity index is 2.12. The number of rotatable bonds is 6. The van der Waals surface area contributed by atoms with Crippen LogP contribution in [-0.2, 0) is 0 Å². The second-order valence-corrected chi connectivity index (χ2v) is 5.73. The standard InChI is InChI=1S/C9H17N3S2/c1-7(2)10-4-8(3)5-13-9-11-6-12-14-9/h6-8,10H,4-5H2,1-3H3. The molecule has 0 saturated carbocycles. The van der Waals surface area contributed by atoms with E-state index in [4.69, 9.17) is 0 Å². The summed E-state index contributed by atoms with van der Waals surface area (Å²) in [5.74, 6) is 1.78. The maximum absolute atomic E-state index is 4.13. The summed E-state index contributed by atoms with van der Waals surface area (Å²) in [5.41, 5.74) is 0. The zero-order valence-corrected chi connectivity index (χ0v) is 10.5. The van der Waals surface area contributed by atoms with E-state index in [2.05, 4.69) is 35.4 Å². The molecule has 0 radical (unpaired) electrons. The fourth-order valence-electron chi connectivity index (χ4n) is 0.936. The Bertz CT molecular complexity index is 236. The number of thioether (sulfide) groups is 1. The van der Waals surface area contributed by atoms with Crippen LogP contribution in [0.25, 0.3) is 0 Å². The van der Waals surface area contributed by atoms with Crippen LogP contribution >= 0.6 is 23.3 Å². The maximum atomic E-state index is 4.13. The first kappa shape index (κ1) is 11.9. The van der Waals surface area contributed by atoms with Gasteiger partial charge < -0.3 is 5.32 Å². The highest BCUT2D eigenvalue weighted by atomic mass is 32.2. The number of aromatic nitrogens is 2. The van der Waals surface area contributed by atoms with Gasteiger partial charge in [0.05, 0.1) is 0 Å². The molecule has 1 atom stereocenters. The molecule has 80 valence electrons. The topological polar surface area (TPSA) is 37.8 Å². The van der Waals surface area contributed by atoms with Gasteiger partial charge in [-0.05, 0) is 24.0 Å². The molecule has 0 bridgehead atoms. The molecular weight excluding hydrogens is 214 g/mol. The van der Waals surface area contributed by atoms with E-state index < -0.39 is 0 Å². The highest BCUT2D eigenvalue weighted by Gasteiger charge is 2.05. The summed E-state index contributed by atoms with van der Waals surface area (Å²) < 4.78 is 5.04. The summed E-state index contributed by atoms with van der Waals surface area (Å²) in [4.78, 5) is 4.13. The van der Waals surface area contributed by atoms with Gasteiger partial charge in [-0.3, -0.25) is 0 Å². The van der Waals surface area contributed by atoms with Crippen molar-refractivity contribution in [2.75, 3.05) is 12.3 Å². The van der Waals surface area contributed by atoms with Crippen molar-refractivity contribution in [2.45, 2.75) is 31.2 Å². The van der Waals surface area contributed by atoms with Crippen LogP contribution in [0.4, 0.5) is 0 Å². The molecular formula is C9H17N3S2. The van der Waals surface area contributed by atoms with E-state index in [0.29, 0.717) is 12.0 Å². The zero-order valence-electron chi connectivity index (χ0n) is 8.86. The van der Waals surface area contributed by atoms with Gasteiger partial charge in [0, 0.05) is 11.8 Å². The van der Waals surface area contributed by atoms with Crippen LogP contribution in [0.2, 0.25) is 0 Å². The fraction of sp³-hybridized carbons (Fsp3) is 0.778. The molecule has 0 aliphatic heterocycles. The second-order valence-electron chi connectivity index (χ2n) is 3.69. The second kappa shape index (κ2) is 6.37. The molecule has 1 aromatic rings. The summed E-state index contributed by atoms with van der Waals surface area (Å²) in [5, 5.41) is 3.43. The highest BCUT2D eigenvalue weighted by Crippen LogP contribution is 2.20. The molecule has 0 saturated heterocycles. The molecule has 1 aromatic heterocycles. The van der Waals surface area contributed by atoms with Crippen molar-refractivity contribution in [3.05, 3.63) is 6.33 Å². The van der Waals surface area contributed by atoms with Crippen molar-refractivity contribution < 1.29 is 0 Å². The zero-order chi connectivity index (χ0) is 10.4. The van der Waals surface area contributed by atoms with E-state index in [-0.39, 0.29) is 0 Å². The van der Waals surface area contributed by atoms with Crippen molar-refractivity contribution >= 4 is 23.3 Å². The smallest absolute Gasteiger partial charge is 0.169 e. The summed E-state index contributed by atoms with van der Waals surface area (Å²) in [6, 6.07) is 0.573. The van der Waals surface area contributed by atoms with E-state index in [1.807, 2.05) is 0 Å². The van der Waals surface area contributed by atoms with Crippen molar-refractivity contribution in [1.82, 2.24) is 14.7 Å². The Morgan fingerprint density at radius 3 is 2.86 bits per heavy atom. The quantitative estimate of drug-likeness (QED) is 0.762. The maximum Gasteiger partial charge on any atom is 0.169 e. The predicted octanol–water partition coefficient (Wildman–Crippen LogP) is 2.26. The van der Waals surface area contributed by atoms with Gasteiger partial charge in [-0.2, -0.15) is 4.37 Å². The Morgan fingerprint density at radius 1 is 1.50 bits per heavy atom. The lowest BCUT2D eigenvalue weighted by atomic mass is 10.2. The molecule has 1 N–H and O–H groups in total. The van der Waals surface area contributed by atoms with Gasteiger partial charge in [0.1, 0.15) is 6.33 Å². The summed E-state index contributed by atoms with van der Waals surface area (Å²) in [6.07, 6.45) is 1.62. The average Bonchev–Trinajstić information content (AvgIpc) is 2.63. The van der Waals surface area contributed by atoms with Crippen molar-refractivity contribution in [3.63, 3.8) is 0 Å². The third-order valence-electron chi connectivity index (χ3n) is 1.71. The van der Waals surface area contributed by atoms with E-state index in [1.165, 1.54) is 11.5 Å². The van der Waals surface area contributed by atoms with Gasteiger partial charge in [-0.1, -0.05) is 32.5 Å². The van der Waals surface area contributed by atoms with Crippen LogP contribution in [0.5, 0.6) is 0 Å². The third kappa shape index (κ3) is 4.93. The monoisotopic (exact) mass is 231 g/mol. The average molecular weight is 231 g/mol. The fourth-order valence-corrected chi connectivity index (χ4v) is 2.43. The van der Waals surface area contributed by atoms with Crippen LogP contribution < -0.4 is 5.32 Å². The minimum absolute atomic E-state index is 0.573. The SMILES string of the molecule is CC(CNC(C)C)CSc1ncns1. The molecule has 0 amide bonds. The van der Waals surface area contributed by atoms with E-state index in [9.17, 15) is 0 Å². The van der Waals surface area contributed by atoms with Crippen molar-refractivity contribution in [1.29, 1.82) is 0 Å². The van der Waals surface area contributed by atoms with Crippen LogP contribution in [0.15, 0.2) is 10.7 Å². The lowest BCUT2D eigenvalue weighted by molar-refractivity contribution is 0.510. The van der Waals surface area contributed by atoms with Crippen LogP contribution in [0.3, 0.4) is 0 Å². The minimum atomic E-state index is 0.573. The lowest BCUT2D eigenvalue weighted by Gasteiger charge is -2.13. The van der Waals surface area contributed by atoms with Crippen molar-refractivity contribution in [2.24, 2.45) is 5.92 Å². The van der Waals surface area contributed by atoms with Crippen LogP contribution in [0.1, 0.15) is 20.8 Å². The Kier molecular flexibility index (Phi) is 5.44. The van der Waals surface area contributed by atoms with Gasteiger partial charge in [0.15, 0.2) is 4.34 Å². The van der Waals surface area contributed by atoms with Gasteiger partial charge >= 0.3 is 0 Å². The molecule has 1 unspecified atom stereocenters. The van der Waals surface area contributed by atoms with Gasteiger partial charge in [-0.15, -0.1) is 0 Å². The normalized spacial score (nSPS) is 13.4. The summed E-state index contributed by atoms with van der Waals surface area (Å²) in [7, 11) is 0. The number of nitrogens with one attached hydrogen (secondary N) is 1. The first-order chi connectivity index (χ1) is 6.68. The molecule has 0 aliphatic rings. The molecule has 5 heteroatoms. The molecule has 3 nitrogen and oxygen atoms in total. The molecule has 1 rings (SSSR count). The Morgan fingerprint density at radius 2 is 2.29 bits per heavy atom. The highest BCUT2D eigenvalue weighted by molar-refractivity contribution is 8.00. The molecule has 0 fully saturated rings. The number of hydrogen-bond acceptors (Lipinski definition) is 5. The summed E-state index contributed by atoms with van der Waals surface area (Å²) >= 11 is 3.26.